The van der Waals surface area contributed by atoms with Gasteiger partial charge in [0.25, 0.3) is 0 Å². The largest absolute Gasteiger partial charge is 0.507 e. The van der Waals surface area contributed by atoms with Crippen LogP contribution in [0.25, 0.3) is 17.0 Å². The average molecular weight is 344 g/mol. The number of aryl methyl sites for hydroxylation is 3. The summed E-state index contributed by atoms with van der Waals surface area (Å²) in [6.45, 7) is 6.14. The van der Waals surface area contributed by atoms with Crippen LogP contribution in [0.4, 0.5) is 11.5 Å². The molecule has 4 rings (SSSR count). The fraction of sp³-hybridized carbons (Fsp3) is 0.143. The number of aromatic hydroxyl groups is 1. The summed E-state index contributed by atoms with van der Waals surface area (Å²) < 4.78 is 1.91. The summed E-state index contributed by atoms with van der Waals surface area (Å²) in [5, 5.41) is 13.9. The maximum Gasteiger partial charge on any atom is 0.235 e. The van der Waals surface area contributed by atoms with E-state index in [0.717, 1.165) is 28.2 Å². The van der Waals surface area contributed by atoms with Crippen molar-refractivity contribution in [2.24, 2.45) is 0 Å². The highest BCUT2D eigenvalue weighted by Gasteiger charge is 2.19. The van der Waals surface area contributed by atoms with Crippen LogP contribution in [0, 0.1) is 20.8 Å². The van der Waals surface area contributed by atoms with E-state index in [4.69, 9.17) is 0 Å². The van der Waals surface area contributed by atoms with Crippen LogP contribution in [0.15, 0.2) is 54.9 Å². The summed E-state index contributed by atoms with van der Waals surface area (Å²) in [7, 11) is 0. The number of benzene rings is 2. The lowest BCUT2D eigenvalue weighted by molar-refractivity contribution is 0.477. The molecule has 0 bridgehead atoms. The van der Waals surface area contributed by atoms with Crippen LogP contribution >= 0.6 is 0 Å². The van der Waals surface area contributed by atoms with Gasteiger partial charge >= 0.3 is 0 Å². The molecule has 4 aromatic rings. The maximum absolute atomic E-state index is 10.4. The van der Waals surface area contributed by atoms with Gasteiger partial charge in [-0.25, -0.2) is 9.97 Å². The van der Waals surface area contributed by atoms with Crippen molar-refractivity contribution in [3.8, 4) is 17.0 Å². The van der Waals surface area contributed by atoms with Crippen molar-refractivity contribution in [2.45, 2.75) is 20.8 Å². The van der Waals surface area contributed by atoms with E-state index >= 15 is 0 Å². The van der Waals surface area contributed by atoms with Crippen molar-refractivity contribution in [3.05, 3.63) is 71.5 Å². The highest BCUT2D eigenvalue weighted by atomic mass is 16.3. The first-order chi connectivity index (χ1) is 12.5. The smallest absolute Gasteiger partial charge is 0.235 e. The SMILES string of the molecule is Cc1ccc(O)c(-c2nc3ncccn3c2Nc2c(C)cccc2C)c1. The topological polar surface area (TPSA) is 62.5 Å². The summed E-state index contributed by atoms with van der Waals surface area (Å²) >= 11 is 0. The van der Waals surface area contributed by atoms with Crippen molar-refractivity contribution in [1.29, 1.82) is 0 Å². The number of hydrogen-bond donors (Lipinski definition) is 2. The number of fused-ring (bicyclic) bond motifs is 1. The monoisotopic (exact) mass is 344 g/mol. The minimum Gasteiger partial charge on any atom is -0.507 e. The molecular weight excluding hydrogens is 324 g/mol. The Morgan fingerprint density at radius 2 is 1.77 bits per heavy atom. The third kappa shape index (κ3) is 2.67. The Morgan fingerprint density at radius 1 is 1.00 bits per heavy atom. The second kappa shape index (κ2) is 6.19. The second-order valence-electron chi connectivity index (χ2n) is 6.51. The molecule has 2 aromatic heterocycles. The third-order valence-electron chi connectivity index (χ3n) is 4.54. The first kappa shape index (κ1) is 16.1. The molecule has 5 nitrogen and oxygen atoms in total. The van der Waals surface area contributed by atoms with Crippen molar-refractivity contribution >= 4 is 17.3 Å². The zero-order chi connectivity index (χ0) is 18.3. The molecule has 2 aromatic carbocycles. The Balaban J connectivity index is 1.97. The Kier molecular flexibility index (Phi) is 3.84. The number of nitrogens with one attached hydrogen (secondary N) is 1. The normalized spacial score (nSPS) is 11.0. The fourth-order valence-electron chi connectivity index (χ4n) is 3.16. The molecule has 26 heavy (non-hydrogen) atoms. The molecule has 130 valence electrons. The number of aromatic nitrogens is 3. The quantitative estimate of drug-likeness (QED) is 0.562. The summed E-state index contributed by atoms with van der Waals surface area (Å²) in [6, 6.07) is 13.6. The van der Waals surface area contributed by atoms with Crippen LogP contribution in [-0.4, -0.2) is 19.5 Å². The number of anilines is 2. The minimum atomic E-state index is 0.198. The summed E-state index contributed by atoms with van der Waals surface area (Å²) in [5.41, 5.74) is 5.73. The zero-order valence-corrected chi connectivity index (χ0v) is 15.0. The summed E-state index contributed by atoms with van der Waals surface area (Å²) in [5.74, 6) is 1.56. The predicted octanol–water partition coefficient (Wildman–Crippen LogP) is 4.77. The number of hydrogen-bond acceptors (Lipinski definition) is 4. The molecule has 0 fully saturated rings. The number of para-hydroxylation sites is 1. The van der Waals surface area contributed by atoms with E-state index in [0.29, 0.717) is 17.0 Å². The summed E-state index contributed by atoms with van der Waals surface area (Å²) in [4.78, 5) is 9.03. The number of phenols is 1. The first-order valence-electron chi connectivity index (χ1n) is 8.51. The van der Waals surface area contributed by atoms with Gasteiger partial charge in [0, 0.05) is 23.6 Å². The van der Waals surface area contributed by atoms with Crippen molar-refractivity contribution in [1.82, 2.24) is 14.4 Å². The van der Waals surface area contributed by atoms with Gasteiger partial charge < -0.3 is 10.4 Å². The second-order valence-corrected chi connectivity index (χ2v) is 6.51. The molecule has 2 heterocycles. The molecule has 0 unspecified atom stereocenters. The van der Waals surface area contributed by atoms with Crippen LogP contribution in [0.1, 0.15) is 16.7 Å². The zero-order valence-electron chi connectivity index (χ0n) is 15.0. The third-order valence-corrected chi connectivity index (χ3v) is 4.54. The van der Waals surface area contributed by atoms with Crippen LogP contribution in [-0.2, 0) is 0 Å². The van der Waals surface area contributed by atoms with E-state index in [9.17, 15) is 5.11 Å². The highest BCUT2D eigenvalue weighted by molar-refractivity contribution is 5.83. The molecule has 0 spiro atoms. The molecule has 0 aliphatic rings. The Bertz CT molecular complexity index is 1090. The van der Waals surface area contributed by atoms with Crippen molar-refractivity contribution in [2.75, 3.05) is 5.32 Å². The maximum atomic E-state index is 10.4. The van der Waals surface area contributed by atoms with Gasteiger partial charge in [-0.3, -0.25) is 4.40 Å². The van der Waals surface area contributed by atoms with Crippen molar-refractivity contribution in [3.63, 3.8) is 0 Å². The number of phenolic OH excluding ortho intramolecular Hbond substituents is 1. The minimum absolute atomic E-state index is 0.198. The lowest BCUT2D eigenvalue weighted by atomic mass is 10.1. The van der Waals surface area contributed by atoms with Gasteiger partial charge in [0.05, 0.1) is 0 Å². The van der Waals surface area contributed by atoms with E-state index in [-0.39, 0.29) is 5.75 Å². The van der Waals surface area contributed by atoms with Gasteiger partial charge in [0.1, 0.15) is 17.3 Å². The van der Waals surface area contributed by atoms with Crippen LogP contribution in [0.5, 0.6) is 5.75 Å². The van der Waals surface area contributed by atoms with E-state index in [1.165, 1.54) is 0 Å². The Labute approximate surface area is 152 Å². The number of rotatable bonds is 3. The number of imidazole rings is 1. The van der Waals surface area contributed by atoms with Gasteiger partial charge in [-0.05, 0) is 50.1 Å². The average Bonchev–Trinajstić information content (AvgIpc) is 2.99. The Hall–Kier alpha value is -3.34. The van der Waals surface area contributed by atoms with E-state index in [1.54, 1.807) is 12.3 Å². The van der Waals surface area contributed by atoms with Gasteiger partial charge in [-0.2, -0.15) is 0 Å². The molecule has 0 radical (unpaired) electrons. The van der Waals surface area contributed by atoms with Crippen LogP contribution in [0.2, 0.25) is 0 Å². The van der Waals surface area contributed by atoms with E-state index in [1.807, 2.05) is 41.8 Å². The molecule has 0 aliphatic carbocycles. The first-order valence-corrected chi connectivity index (χ1v) is 8.51. The van der Waals surface area contributed by atoms with Crippen LogP contribution < -0.4 is 5.32 Å². The van der Waals surface area contributed by atoms with Crippen LogP contribution in [0.3, 0.4) is 0 Å². The molecule has 0 saturated carbocycles. The molecule has 5 heteroatoms. The standard InChI is InChI=1S/C21H20N4O/c1-13-8-9-17(26)16(12-13)19-20(25-11-5-10-22-21(25)24-19)23-18-14(2)6-4-7-15(18)3/h4-12,23,26H,1-3H3. The summed E-state index contributed by atoms with van der Waals surface area (Å²) in [6.07, 6.45) is 3.63. The molecule has 2 N–H and O–H groups in total. The Morgan fingerprint density at radius 3 is 2.54 bits per heavy atom. The fourth-order valence-corrected chi connectivity index (χ4v) is 3.16. The highest BCUT2D eigenvalue weighted by Crippen LogP contribution is 2.37. The molecule has 0 saturated heterocycles. The predicted molar refractivity (Wildman–Crippen MR) is 104 cm³/mol. The van der Waals surface area contributed by atoms with Gasteiger partial charge in [-0.1, -0.05) is 29.8 Å². The van der Waals surface area contributed by atoms with Crippen molar-refractivity contribution < 1.29 is 5.11 Å². The van der Waals surface area contributed by atoms with E-state index < -0.39 is 0 Å². The molecule has 0 amide bonds. The number of nitrogens with zero attached hydrogens (tertiary/aromatic N) is 3. The van der Waals surface area contributed by atoms with Gasteiger partial charge in [0.2, 0.25) is 5.78 Å². The lowest BCUT2D eigenvalue weighted by Crippen LogP contribution is -2.01. The van der Waals surface area contributed by atoms with Gasteiger partial charge in [0.15, 0.2) is 0 Å². The van der Waals surface area contributed by atoms with Gasteiger partial charge in [-0.15, -0.1) is 0 Å². The molecule has 0 atom stereocenters. The lowest BCUT2D eigenvalue weighted by Gasteiger charge is -2.14. The molecular formula is C21H20N4O. The van der Waals surface area contributed by atoms with E-state index in [2.05, 4.69) is 41.3 Å². The molecule has 0 aliphatic heterocycles.